The molecule has 0 saturated heterocycles. The summed E-state index contributed by atoms with van der Waals surface area (Å²) in [7, 11) is 0. The van der Waals surface area contributed by atoms with Gasteiger partial charge in [0.05, 0.1) is 0 Å². The van der Waals surface area contributed by atoms with Crippen LogP contribution in [0.25, 0.3) is 16.7 Å². The van der Waals surface area contributed by atoms with E-state index in [0.717, 1.165) is 6.42 Å². The summed E-state index contributed by atoms with van der Waals surface area (Å²) >= 11 is 0. The van der Waals surface area contributed by atoms with E-state index in [1.165, 1.54) is 33.4 Å². The highest BCUT2D eigenvalue weighted by Crippen LogP contribution is 2.39. The Morgan fingerprint density at radius 1 is 0.846 bits per heavy atom. The number of aryl methyl sites for hydroxylation is 1. The standard InChI is InChI=1S/C26H28/c1-5-20(3)26(23-16-14-19(2)15-17-23)21(4)24-12-9-13-25(18-24)22-10-7-6-8-11-22/h6-18,20,26H,4-5H2,1-3H3. The first-order valence-electron chi connectivity index (χ1n) is 9.51. The Kier molecular flexibility index (Phi) is 5.73. The Labute approximate surface area is 158 Å². The van der Waals surface area contributed by atoms with Gasteiger partial charge in [0.25, 0.3) is 0 Å². The highest BCUT2D eigenvalue weighted by molar-refractivity contribution is 5.75. The van der Waals surface area contributed by atoms with E-state index in [2.05, 4.69) is 106 Å². The van der Waals surface area contributed by atoms with Gasteiger partial charge in [-0.15, -0.1) is 0 Å². The third kappa shape index (κ3) is 3.96. The number of hydrogen-bond donors (Lipinski definition) is 0. The number of benzene rings is 3. The second-order valence-corrected chi connectivity index (χ2v) is 7.25. The Hall–Kier alpha value is -2.60. The second kappa shape index (κ2) is 8.19. The molecule has 0 heterocycles. The Balaban J connectivity index is 1.98. The molecule has 0 saturated carbocycles. The molecular weight excluding hydrogens is 312 g/mol. The minimum atomic E-state index is 0.339. The summed E-state index contributed by atoms with van der Waals surface area (Å²) < 4.78 is 0. The van der Waals surface area contributed by atoms with Crippen LogP contribution in [0.4, 0.5) is 0 Å². The normalized spacial score (nSPS) is 13.2. The SMILES string of the molecule is C=C(c1cccc(-c2ccccc2)c1)C(c1ccc(C)cc1)C(C)CC. The van der Waals surface area contributed by atoms with Gasteiger partial charge in [0, 0.05) is 5.92 Å². The second-order valence-electron chi connectivity index (χ2n) is 7.25. The predicted molar refractivity (Wildman–Crippen MR) is 114 cm³/mol. The lowest BCUT2D eigenvalue weighted by Gasteiger charge is -2.26. The highest BCUT2D eigenvalue weighted by atomic mass is 14.3. The summed E-state index contributed by atoms with van der Waals surface area (Å²) in [4.78, 5) is 0. The van der Waals surface area contributed by atoms with Crippen LogP contribution in [0.1, 0.15) is 42.9 Å². The quantitative estimate of drug-likeness (QED) is 0.435. The van der Waals surface area contributed by atoms with E-state index >= 15 is 0 Å². The van der Waals surface area contributed by atoms with Crippen LogP contribution in [0, 0.1) is 12.8 Å². The molecule has 0 aliphatic carbocycles. The average molecular weight is 341 g/mol. The Morgan fingerprint density at radius 2 is 1.50 bits per heavy atom. The van der Waals surface area contributed by atoms with Crippen LogP contribution in [0.2, 0.25) is 0 Å². The van der Waals surface area contributed by atoms with Gasteiger partial charge < -0.3 is 0 Å². The Morgan fingerprint density at radius 3 is 2.15 bits per heavy atom. The largest absolute Gasteiger partial charge is 0.0946 e. The van der Waals surface area contributed by atoms with Crippen molar-refractivity contribution in [1.29, 1.82) is 0 Å². The molecule has 0 aromatic heterocycles. The maximum absolute atomic E-state index is 4.53. The van der Waals surface area contributed by atoms with Crippen molar-refractivity contribution >= 4 is 5.57 Å². The summed E-state index contributed by atoms with van der Waals surface area (Å²) in [5.74, 6) is 0.886. The van der Waals surface area contributed by atoms with Gasteiger partial charge in [-0.3, -0.25) is 0 Å². The maximum atomic E-state index is 4.53. The van der Waals surface area contributed by atoms with Crippen LogP contribution in [-0.2, 0) is 0 Å². The molecule has 26 heavy (non-hydrogen) atoms. The topological polar surface area (TPSA) is 0 Å². The summed E-state index contributed by atoms with van der Waals surface area (Å²) in [6.07, 6.45) is 1.13. The van der Waals surface area contributed by atoms with E-state index in [4.69, 9.17) is 0 Å². The summed E-state index contributed by atoms with van der Waals surface area (Å²) in [5, 5.41) is 0. The molecule has 2 unspecified atom stereocenters. The van der Waals surface area contributed by atoms with Crippen molar-refractivity contribution < 1.29 is 0 Å². The molecule has 0 amide bonds. The lowest BCUT2D eigenvalue weighted by atomic mass is 9.78. The highest BCUT2D eigenvalue weighted by Gasteiger charge is 2.22. The molecule has 0 radical (unpaired) electrons. The monoisotopic (exact) mass is 340 g/mol. The van der Waals surface area contributed by atoms with Crippen molar-refractivity contribution in [2.24, 2.45) is 5.92 Å². The minimum Gasteiger partial charge on any atom is -0.0946 e. The summed E-state index contributed by atoms with van der Waals surface area (Å²) in [5.41, 5.74) is 7.60. The van der Waals surface area contributed by atoms with Crippen LogP contribution in [0.15, 0.2) is 85.4 Å². The van der Waals surface area contributed by atoms with Gasteiger partial charge in [-0.05, 0) is 46.7 Å². The molecular formula is C26H28. The molecule has 0 bridgehead atoms. The molecule has 0 aliphatic rings. The predicted octanol–water partition coefficient (Wildman–Crippen LogP) is 7.51. The molecule has 0 spiro atoms. The van der Waals surface area contributed by atoms with Crippen molar-refractivity contribution in [2.45, 2.75) is 33.1 Å². The first-order valence-corrected chi connectivity index (χ1v) is 9.51. The van der Waals surface area contributed by atoms with E-state index < -0.39 is 0 Å². The fourth-order valence-electron chi connectivity index (χ4n) is 3.59. The van der Waals surface area contributed by atoms with Gasteiger partial charge in [-0.25, -0.2) is 0 Å². The molecule has 0 fully saturated rings. The number of rotatable bonds is 6. The molecule has 0 N–H and O–H groups in total. The third-order valence-electron chi connectivity index (χ3n) is 5.37. The van der Waals surface area contributed by atoms with Crippen LogP contribution in [0.3, 0.4) is 0 Å². The molecule has 3 rings (SSSR count). The lowest BCUT2D eigenvalue weighted by molar-refractivity contribution is 0.517. The van der Waals surface area contributed by atoms with Gasteiger partial charge >= 0.3 is 0 Å². The zero-order chi connectivity index (χ0) is 18.5. The van der Waals surface area contributed by atoms with Gasteiger partial charge in [0.1, 0.15) is 0 Å². The maximum Gasteiger partial charge on any atom is 0.0115 e. The molecule has 2 atom stereocenters. The first kappa shape index (κ1) is 18.2. The minimum absolute atomic E-state index is 0.339. The van der Waals surface area contributed by atoms with Crippen LogP contribution < -0.4 is 0 Å². The van der Waals surface area contributed by atoms with Crippen molar-refractivity contribution in [3.63, 3.8) is 0 Å². The molecule has 0 aliphatic heterocycles. The number of allylic oxidation sites excluding steroid dienone is 1. The van der Waals surface area contributed by atoms with Gasteiger partial charge in [-0.1, -0.05) is 105 Å². The number of hydrogen-bond acceptors (Lipinski definition) is 0. The van der Waals surface area contributed by atoms with E-state index in [-0.39, 0.29) is 0 Å². The molecule has 3 aromatic rings. The van der Waals surface area contributed by atoms with Crippen LogP contribution in [-0.4, -0.2) is 0 Å². The van der Waals surface area contributed by atoms with Gasteiger partial charge in [-0.2, -0.15) is 0 Å². The van der Waals surface area contributed by atoms with Crippen molar-refractivity contribution in [1.82, 2.24) is 0 Å². The van der Waals surface area contributed by atoms with Crippen LogP contribution in [0.5, 0.6) is 0 Å². The lowest BCUT2D eigenvalue weighted by Crippen LogP contribution is -2.11. The van der Waals surface area contributed by atoms with E-state index in [9.17, 15) is 0 Å². The molecule has 132 valence electrons. The molecule has 3 aromatic carbocycles. The van der Waals surface area contributed by atoms with E-state index in [1.54, 1.807) is 0 Å². The summed E-state index contributed by atoms with van der Waals surface area (Å²) in [6.45, 7) is 11.3. The van der Waals surface area contributed by atoms with Crippen molar-refractivity contribution in [2.75, 3.05) is 0 Å². The van der Waals surface area contributed by atoms with E-state index in [0.29, 0.717) is 11.8 Å². The smallest absolute Gasteiger partial charge is 0.0115 e. The third-order valence-corrected chi connectivity index (χ3v) is 5.37. The van der Waals surface area contributed by atoms with E-state index in [1.807, 2.05) is 0 Å². The zero-order valence-electron chi connectivity index (χ0n) is 16.1. The van der Waals surface area contributed by atoms with Gasteiger partial charge in [0.2, 0.25) is 0 Å². The average Bonchev–Trinajstić information content (AvgIpc) is 2.70. The fraction of sp³-hybridized carbons (Fsp3) is 0.231. The summed E-state index contributed by atoms with van der Waals surface area (Å²) in [6, 6.07) is 28.3. The molecule has 0 nitrogen and oxygen atoms in total. The first-order chi connectivity index (χ1) is 12.6. The fourth-order valence-corrected chi connectivity index (χ4v) is 3.59. The van der Waals surface area contributed by atoms with Crippen molar-refractivity contribution in [3.05, 3.63) is 102 Å². The van der Waals surface area contributed by atoms with Gasteiger partial charge in [0.15, 0.2) is 0 Å². The Bertz CT molecular complexity index is 856. The molecule has 0 heteroatoms. The van der Waals surface area contributed by atoms with Crippen molar-refractivity contribution in [3.8, 4) is 11.1 Å². The van der Waals surface area contributed by atoms with Crippen LogP contribution >= 0.6 is 0 Å². The zero-order valence-corrected chi connectivity index (χ0v) is 16.1.